The molecule has 0 unspecified atom stereocenters. The number of amides is 1. The lowest BCUT2D eigenvalue weighted by molar-refractivity contribution is 0.102. The van der Waals surface area contributed by atoms with Crippen LogP contribution in [0, 0.1) is 0 Å². The first-order valence-corrected chi connectivity index (χ1v) is 5.83. The number of nitrogens with one attached hydrogen (secondary N) is 2. The number of aromatic nitrogens is 2. The Morgan fingerprint density at radius 3 is 2.89 bits per heavy atom. The summed E-state index contributed by atoms with van der Waals surface area (Å²) >= 11 is 3.30. The van der Waals surface area contributed by atoms with Crippen molar-refractivity contribution in [2.75, 3.05) is 10.7 Å². The fourth-order valence-corrected chi connectivity index (χ4v) is 1.66. The van der Waals surface area contributed by atoms with Crippen molar-refractivity contribution in [1.29, 1.82) is 0 Å². The fourth-order valence-electron chi connectivity index (χ4n) is 1.31. The molecule has 0 aliphatic rings. The van der Waals surface area contributed by atoms with Crippen LogP contribution in [0.3, 0.4) is 0 Å². The number of carbonyl (C=O) groups is 1. The Morgan fingerprint density at radius 2 is 2.17 bits per heavy atom. The number of nitrogens with two attached hydrogens (primary N) is 1. The summed E-state index contributed by atoms with van der Waals surface area (Å²) in [5.41, 5.74) is 3.97. The smallest absolute Gasteiger partial charge is 0.274 e. The summed E-state index contributed by atoms with van der Waals surface area (Å²) in [6, 6.07) is 4.91. The van der Waals surface area contributed by atoms with Gasteiger partial charge in [-0.25, -0.2) is 0 Å². The van der Waals surface area contributed by atoms with Crippen molar-refractivity contribution in [2.45, 2.75) is 0 Å². The van der Waals surface area contributed by atoms with Gasteiger partial charge in [0, 0.05) is 18.6 Å². The van der Waals surface area contributed by atoms with Gasteiger partial charge in [0.1, 0.15) is 5.69 Å². The average molecular weight is 308 g/mol. The predicted molar refractivity (Wildman–Crippen MR) is 71.9 cm³/mol. The standard InChI is InChI=1S/C11H10BrN5O/c12-8-6-14-3-2-9(8)16-11(18)10-5-7(17-13)1-4-15-10/h1-6H,13H2,(H,15,17)(H,14,16,18). The molecule has 92 valence electrons. The van der Waals surface area contributed by atoms with Crippen LogP contribution < -0.4 is 16.6 Å². The summed E-state index contributed by atoms with van der Waals surface area (Å²) in [5.74, 6) is 4.95. The molecule has 0 saturated carbocycles. The van der Waals surface area contributed by atoms with Crippen molar-refractivity contribution in [1.82, 2.24) is 9.97 Å². The van der Waals surface area contributed by atoms with Gasteiger partial charge in [-0.2, -0.15) is 0 Å². The lowest BCUT2D eigenvalue weighted by Crippen LogP contribution is -2.15. The van der Waals surface area contributed by atoms with E-state index >= 15 is 0 Å². The van der Waals surface area contributed by atoms with Crippen LogP contribution in [0.4, 0.5) is 11.4 Å². The van der Waals surface area contributed by atoms with Gasteiger partial charge in [0.25, 0.3) is 5.91 Å². The highest BCUT2D eigenvalue weighted by molar-refractivity contribution is 9.10. The minimum absolute atomic E-state index is 0.272. The zero-order valence-electron chi connectivity index (χ0n) is 9.22. The Morgan fingerprint density at radius 1 is 1.33 bits per heavy atom. The molecule has 4 N–H and O–H groups in total. The summed E-state index contributed by atoms with van der Waals surface area (Å²) in [6.45, 7) is 0. The molecule has 0 spiro atoms. The van der Waals surface area contributed by atoms with Gasteiger partial charge in [-0.1, -0.05) is 0 Å². The van der Waals surface area contributed by atoms with E-state index in [2.05, 4.69) is 36.6 Å². The van der Waals surface area contributed by atoms with Crippen LogP contribution in [0.1, 0.15) is 10.5 Å². The molecule has 7 heteroatoms. The first-order valence-electron chi connectivity index (χ1n) is 5.04. The Labute approximate surface area is 112 Å². The Kier molecular flexibility index (Phi) is 3.85. The molecular weight excluding hydrogens is 298 g/mol. The largest absolute Gasteiger partial charge is 0.324 e. The van der Waals surface area contributed by atoms with Crippen LogP contribution in [-0.4, -0.2) is 15.9 Å². The average Bonchev–Trinajstić information content (AvgIpc) is 2.41. The molecule has 0 radical (unpaired) electrons. The molecule has 1 amide bonds. The number of hydrogen-bond donors (Lipinski definition) is 3. The maximum Gasteiger partial charge on any atom is 0.274 e. The topological polar surface area (TPSA) is 92.9 Å². The molecule has 2 aromatic rings. The molecule has 0 aliphatic carbocycles. The minimum Gasteiger partial charge on any atom is -0.324 e. The van der Waals surface area contributed by atoms with Crippen molar-refractivity contribution >= 4 is 33.2 Å². The van der Waals surface area contributed by atoms with Crippen molar-refractivity contribution in [3.05, 3.63) is 47.0 Å². The number of nitrogens with zero attached hydrogens (tertiary/aromatic N) is 2. The Bertz CT molecular complexity index is 575. The van der Waals surface area contributed by atoms with E-state index in [1.165, 1.54) is 6.20 Å². The molecule has 0 aromatic carbocycles. The first-order chi connectivity index (χ1) is 8.70. The molecule has 2 aromatic heterocycles. The SMILES string of the molecule is NNc1ccnc(C(=O)Nc2ccncc2Br)c1. The van der Waals surface area contributed by atoms with Crippen LogP contribution >= 0.6 is 15.9 Å². The van der Waals surface area contributed by atoms with Gasteiger partial charge >= 0.3 is 0 Å². The minimum atomic E-state index is -0.320. The van der Waals surface area contributed by atoms with Gasteiger partial charge in [0.2, 0.25) is 0 Å². The van der Waals surface area contributed by atoms with Crippen LogP contribution in [0.2, 0.25) is 0 Å². The quantitative estimate of drug-likeness (QED) is 0.593. The third-order valence-electron chi connectivity index (χ3n) is 2.18. The Hall–Kier alpha value is -1.99. The van der Waals surface area contributed by atoms with E-state index < -0.39 is 0 Å². The van der Waals surface area contributed by atoms with Gasteiger partial charge in [0.15, 0.2) is 0 Å². The maximum absolute atomic E-state index is 12.0. The first kappa shape index (κ1) is 12.5. The number of halogens is 1. The molecule has 0 fully saturated rings. The van der Waals surface area contributed by atoms with Crippen molar-refractivity contribution < 1.29 is 4.79 Å². The van der Waals surface area contributed by atoms with Crippen molar-refractivity contribution in [2.24, 2.45) is 5.84 Å². The lowest BCUT2D eigenvalue weighted by Gasteiger charge is -2.07. The van der Waals surface area contributed by atoms with Gasteiger partial charge in [-0.3, -0.25) is 20.6 Å². The molecule has 0 saturated heterocycles. The summed E-state index contributed by atoms with van der Waals surface area (Å²) in [7, 11) is 0. The highest BCUT2D eigenvalue weighted by Gasteiger charge is 2.09. The van der Waals surface area contributed by atoms with E-state index in [9.17, 15) is 4.79 Å². The molecule has 2 rings (SSSR count). The van der Waals surface area contributed by atoms with E-state index in [-0.39, 0.29) is 11.6 Å². The van der Waals surface area contributed by atoms with Crippen LogP contribution in [0.5, 0.6) is 0 Å². The number of hydrazine groups is 1. The zero-order valence-corrected chi connectivity index (χ0v) is 10.8. The maximum atomic E-state index is 12.0. The van der Waals surface area contributed by atoms with E-state index in [0.29, 0.717) is 15.8 Å². The highest BCUT2D eigenvalue weighted by Crippen LogP contribution is 2.20. The molecule has 2 heterocycles. The molecule has 18 heavy (non-hydrogen) atoms. The molecular formula is C11H10BrN5O. The third kappa shape index (κ3) is 2.82. The summed E-state index contributed by atoms with van der Waals surface area (Å²) in [4.78, 5) is 19.8. The molecule has 6 nitrogen and oxygen atoms in total. The van der Waals surface area contributed by atoms with E-state index in [1.807, 2.05) is 0 Å². The zero-order chi connectivity index (χ0) is 13.0. The fraction of sp³-hybridized carbons (Fsp3) is 0. The molecule has 0 bridgehead atoms. The van der Waals surface area contributed by atoms with E-state index in [4.69, 9.17) is 5.84 Å². The number of nitrogen functional groups attached to an aromatic ring is 1. The number of anilines is 2. The van der Waals surface area contributed by atoms with Crippen LogP contribution in [0.25, 0.3) is 0 Å². The summed E-state index contributed by atoms with van der Waals surface area (Å²) < 4.78 is 0.700. The third-order valence-corrected chi connectivity index (χ3v) is 2.81. The van der Waals surface area contributed by atoms with Gasteiger partial charge in [-0.05, 0) is 34.1 Å². The molecule has 0 atom stereocenters. The molecule has 0 aliphatic heterocycles. The summed E-state index contributed by atoms with van der Waals surface area (Å²) in [6.07, 6.45) is 4.69. The van der Waals surface area contributed by atoms with Gasteiger partial charge in [0.05, 0.1) is 15.8 Å². The number of pyridine rings is 2. The predicted octanol–water partition coefficient (Wildman–Crippen LogP) is 1.78. The van der Waals surface area contributed by atoms with E-state index in [0.717, 1.165) is 0 Å². The number of hydrogen-bond acceptors (Lipinski definition) is 5. The summed E-state index contributed by atoms with van der Waals surface area (Å²) in [5, 5.41) is 2.72. The van der Waals surface area contributed by atoms with Gasteiger partial charge < -0.3 is 10.7 Å². The lowest BCUT2D eigenvalue weighted by atomic mass is 10.3. The van der Waals surface area contributed by atoms with E-state index in [1.54, 1.807) is 30.6 Å². The van der Waals surface area contributed by atoms with Crippen molar-refractivity contribution in [3.8, 4) is 0 Å². The Balaban J connectivity index is 2.19. The monoisotopic (exact) mass is 307 g/mol. The highest BCUT2D eigenvalue weighted by atomic mass is 79.9. The van der Waals surface area contributed by atoms with Crippen LogP contribution in [-0.2, 0) is 0 Å². The van der Waals surface area contributed by atoms with Gasteiger partial charge in [-0.15, -0.1) is 0 Å². The van der Waals surface area contributed by atoms with Crippen molar-refractivity contribution in [3.63, 3.8) is 0 Å². The number of carbonyl (C=O) groups excluding carboxylic acids is 1. The van der Waals surface area contributed by atoms with Crippen LogP contribution in [0.15, 0.2) is 41.3 Å². The second-order valence-electron chi connectivity index (χ2n) is 3.38. The second-order valence-corrected chi connectivity index (χ2v) is 4.24. The number of rotatable bonds is 3. The normalized spacial score (nSPS) is 9.89. The second kappa shape index (κ2) is 5.56.